The summed E-state index contributed by atoms with van der Waals surface area (Å²) >= 11 is 3.62. The summed E-state index contributed by atoms with van der Waals surface area (Å²) in [4.78, 5) is 29.1. The number of rotatable bonds is 6. The highest BCUT2D eigenvalue weighted by atomic mass is 79.9. The molecular formula is C22H28BrN5O2. The number of benzene rings is 1. The Kier molecular flexibility index (Phi) is 7.16. The molecular weight excluding hydrogens is 446 g/mol. The molecule has 0 radical (unpaired) electrons. The number of hydrogen-bond donors (Lipinski definition) is 1. The summed E-state index contributed by atoms with van der Waals surface area (Å²) in [5.74, 6) is -0.766. The van der Waals surface area contributed by atoms with E-state index in [1.54, 1.807) is 0 Å². The van der Waals surface area contributed by atoms with Crippen LogP contribution in [0.1, 0.15) is 36.2 Å². The number of hydrogen-bond acceptors (Lipinski definition) is 4. The molecule has 2 atom stereocenters. The lowest BCUT2D eigenvalue weighted by Gasteiger charge is -2.32. The van der Waals surface area contributed by atoms with E-state index in [0.29, 0.717) is 18.7 Å². The third-order valence-electron chi connectivity index (χ3n) is 5.75. The maximum absolute atomic E-state index is 13.3. The van der Waals surface area contributed by atoms with Gasteiger partial charge in [-0.2, -0.15) is 5.26 Å². The predicted molar refractivity (Wildman–Crippen MR) is 120 cm³/mol. The van der Waals surface area contributed by atoms with E-state index >= 15 is 0 Å². The van der Waals surface area contributed by atoms with E-state index in [9.17, 15) is 9.59 Å². The quantitative estimate of drug-likeness (QED) is 0.515. The van der Waals surface area contributed by atoms with Crippen molar-refractivity contribution in [1.29, 1.82) is 5.26 Å². The molecule has 1 aliphatic rings. The maximum atomic E-state index is 13.3. The number of amides is 2. The molecule has 1 aromatic heterocycles. The highest BCUT2D eigenvalue weighted by Gasteiger charge is 2.34. The van der Waals surface area contributed by atoms with Crippen LogP contribution in [0.2, 0.25) is 0 Å². The second kappa shape index (κ2) is 9.63. The average Bonchev–Trinajstić information content (AvgIpc) is 3.11. The SMILES string of the molecule is CN(C)CCn1c(C(=O)N[C@H]2CCCC[C@H]2C(=O)N(C)C#N)cc2cccc(Br)c21. The van der Waals surface area contributed by atoms with Crippen molar-refractivity contribution in [2.75, 3.05) is 27.7 Å². The third-order valence-corrected chi connectivity index (χ3v) is 6.39. The van der Waals surface area contributed by atoms with Crippen LogP contribution in [0.15, 0.2) is 28.7 Å². The standard InChI is InChI=1S/C22H28BrN5O2/c1-26(2)11-12-28-19(13-15-7-6-9-17(23)20(15)28)21(29)25-18-10-5-4-8-16(18)22(30)27(3)14-24/h6-7,9,13,16,18H,4-5,8,10-12H2,1-3H3,(H,25,29)/t16-,18+/m1/s1. The first-order valence-electron chi connectivity index (χ1n) is 10.2. The minimum atomic E-state index is -0.362. The Morgan fingerprint density at radius 3 is 2.70 bits per heavy atom. The first kappa shape index (κ1) is 22.3. The van der Waals surface area contributed by atoms with Gasteiger partial charge in [-0.15, -0.1) is 0 Å². The van der Waals surface area contributed by atoms with Crippen LogP contribution < -0.4 is 5.32 Å². The number of nitrogens with one attached hydrogen (secondary N) is 1. The summed E-state index contributed by atoms with van der Waals surface area (Å²) in [7, 11) is 5.49. The molecule has 2 amide bonds. The Morgan fingerprint density at radius 2 is 2.00 bits per heavy atom. The first-order chi connectivity index (χ1) is 14.3. The number of fused-ring (bicyclic) bond motifs is 1. The molecule has 3 rings (SSSR count). The van der Waals surface area contributed by atoms with Gasteiger partial charge in [0.15, 0.2) is 6.19 Å². The monoisotopic (exact) mass is 473 g/mol. The minimum absolute atomic E-state index is 0.179. The molecule has 2 aromatic rings. The number of aromatic nitrogens is 1. The lowest BCUT2D eigenvalue weighted by molar-refractivity contribution is -0.133. The molecule has 0 unspecified atom stereocenters. The van der Waals surface area contributed by atoms with Crippen LogP contribution in [-0.4, -0.2) is 59.9 Å². The predicted octanol–water partition coefficient (Wildman–Crippen LogP) is 3.19. The second-order valence-corrected chi connectivity index (χ2v) is 8.98. The van der Waals surface area contributed by atoms with Gasteiger partial charge in [0.25, 0.3) is 5.91 Å². The second-order valence-electron chi connectivity index (χ2n) is 8.13. The minimum Gasteiger partial charge on any atom is -0.347 e. The number of carbonyl (C=O) groups is 2. The molecule has 8 heteroatoms. The number of para-hydroxylation sites is 1. The summed E-state index contributed by atoms with van der Waals surface area (Å²) in [6.07, 6.45) is 5.20. The molecule has 0 aliphatic heterocycles. The number of halogens is 1. The molecule has 7 nitrogen and oxygen atoms in total. The van der Waals surface area contributed by atoms with Crippen LogP contribution in [-0.2, 0) is 11.3 Å². The smallest absolute Gasteiger partial charge is 0.268 e. The number of carbonyl (C=O) groups excluding carboxylic acids is 2. The molecule has 0 saturated heterocycles. The molecule has 0 bridgehead atoms. The van der Waals surface area contributed by atoms with Crippen molar-refractivity contribution in [2.45, 2.75) is 38.3 Å². The molecule has 1 saturated carbocycles. The molecule has 160 valence electrons. The van der Waals surface area contributed by atoms with Crippen LogP contribution in [0.5, 0.6) is 0 Å². The van der Waals surface area contributed by atoms with Crippen molar-refractivity contribution < 1.29 is 9.59 Å². The number of nitriles is 1. The zero-order chi connectivity index (χ0) is 21.8. The molecule has 1 aliphatic carbocycles. The van der Waals surface area contributed by atoms with Crippen LogP contribution >= 0.6 is 15.9 Å². The molecule has 1 fully saturated rings. The van der Waals surface area contributed by atoms with E-state index in [4.69, 9.17) is 5.26 Å². The van der Waals surface area contributed by atoms with Crippen LogP contribution in [0, 0.1) is 17.4 Å². The van der Waals surface area contributed by atoms with Crippen molar-refractivity contribution >= 4 is 38.6 Å². The summed E-state index contributed by atoms with van der Waals surface area (Å²) in [5.41, 5.74) is 1.58. The maximum Gasteiger partial charge on any atom is 0.268 e. The average molecular weight is 474 g/mol. The van der Waals surface area contributed by atoms with Gasteiger partial charge in [-0.1, -0.05) is 25.0 Å². The molecule has 1 heterocycles. The topological polar surface area (TPSA) is 81.4 Å². The molecule has 0 spiro atoms. The van der Waals surface area contributed by atoms with Gasteiger partial charge < -0.3 is 14.8 Å². The van der Waals surface area contributed by atoms with Crippen LogP contribution in [0.25, 0.3) is 10.9 Å². The van der Waals surface area contributed by atoms with Gasteiger partial charge in [0.1, 0.15) is 5.69 Å². The van der Waals surface area contributed by atoms with E-state index in [2.05, 4.69) is 26.1 Å². The van der Waals surface area contributed by atoms with Crippen molar-refractivity contribution in [1.82, 2.24) is 19.7 Å². The Hall–Kier alpha value is -2.37. The van der Waals surface area contributed by atoms with Gasteiger partial charge in [-0.25, -0.2) is 0 Å². The molecule has 30 heavy (non-hydrogen) atoms. The zero-order valence-corrected chi connectivity index (χ0v) is 19.3. The van der Waals surface area contributed by atoms with E-state index in [-0.39, 0.29) is 23.8 Å². The van der Waals surface area contributed by atoms with Crippen LogP contribution in [0.3, 0.4) is 0 Å². The molecule has 1 N–H and O–H groups in total. The van der Waals surface area contributed by atoms with E-state index < -0.39 is 0 Å². The van der Waals surface area contributed by atoms with Gasteiger partial charge in [0, 0.05) is 36.0 Å². The van der Waals surface area contributed by atoms with Gasteiger partial charge in [0.05, 0.1) is 11.4 Å². The largest absolute Gasteiger partial charge is 0.347 e. The van der Waals surface area contributed by atoms with Crippen molar-refractivity contribution in [3.63, 3.8) is 0 Å². The number of likely N-dealkylation sites (N-methyl/N-ethyl adjacent to an activating group) is 1. The van der Waals surface area contributed by atoms with Crippen LogP contribution in [0.4, 0.5) is 0 Å². The van der Waals surface area contributed by atoms with Crippen molar-refractivity contribution in [2.24, 2.45) is 5.92 Å². The normalized spacial score (nSPS) is 18.9. The first-order valence-corrected chi connectivity index (χ1v) is 11.0. The highest BCUT2D eigenvalue weighted by Crippen LogP contribution is 2.29. The van der Waals surface area contributed by atoms with E-state index in [0.717, 1.165) is 46.1 Å². The summed E-state index contributed by atoms with van der Waals surface area (Å²) in [5, 5.41) is 13.2. The van der Waals surface area contributed by atoms with Gasteiger partial charge in [-0.3, -0.25) is 14.5 Å². The summed E-state index contributed by atoms with van der Waals surface area (Å²) < 4.78 is 2.98. The van der Waals surface area contributed by atoms with Crippen molar-refractivity contribution in [3.8, 4) is 6.19 Å². The van der Waals surface area contributed by atoms with Gasteiger partial charge >= 0.3 is 0 Å². The Morgan fingerprint density at radius 1 is 1.27 bits per heavy atom. The summed E-state index contributed by atoms with van der Waals surface area (Å²) in [6, 6.07) is 7.57. The van der Waals surface area contributed by atoms with Crippen molar-refractivity contribution in [3.05, 3.63) is 34.4 Å². The van der Waals surface area contributed by atoms with E-state index in [1.807, 2.05) is 49.1 Å². The van der Waals surface area contributed by atoms with Gasteiger partial charge in [0.2, 0.25) is 5.91 Å². The number of nitrogens with zero attached hydrogens (tertiary/aromatic N) is 4. The highest BCUT2D eigenvalue weighted by molar-refractivity contribution is 9.10. The molecule has 1 aromatic carbocycles. The Labute approximate surface area is 185 Å². The Bertz CT molecular complexity index is 978. The fraction of sp³-hybridized carbons (Fsp3) is 0.500. The Balaban J connectivity index is 1.90. The summed E-state index contributed by atoms with van der Waals surface area (Å²) in [6.45, 7) is 1.47. The fourth-order valence-corrected chi connectivity index (χ4v) is 4.73. The lowest BCUT2D eigenvalue weighted by atomic mass is 9.83. The van der Waals surface area contributed by atoms with Gasteiger partial charge in [-0.05, 0) is 55.0 Å². The third kappa shape index (κ3) is 4.68. The zero-order valence-electron chi connectivity index (χ0n) is 17.7. The fourth-order valence-electron chi connectivity index (χ4n) is 4.14. The lowest BCUT2D eigenvalue weighted by Crippen LogP contribution is -2.48. The van der Waals surface area contributed by atoms with E-state index in [1.165, 1.54) is 7.05 Å².